The average Bonchev–Trinajstić information content (AvgIpc) is 2.73. The van der Waals surface area contributed by atoms with Gasteiger partial charge in [0, 0.05) is 30.7 Å². The predicted octanol–water partition coefficient (Wildman–Crippen LogP) is 3.25. The molecule has 0 aliphatic carbocycles. The van der Waals surface area contributed by atoms with Crippen LogP contribution in [-0.4, -0.2) is 49.5 Å². The van der Waals surface area contributed by atoms with Crippen molar-refractivity contribution >= 4 is 32.5 Å². The van der Waals surface area contributed by atoms with Crippen LogP contribution in [-0.2, 0) is 14.8 Å². The molecule has 1 fully saturated rings. The summed E-state index contributed by atoms with van der Waals surface area (Å²) in [5.74, 6) is -1.53. The molecule has 156 valence electrons. The van der Waals surface area contributed by atoms with Crippen molar-refractivity contribution in [2.75, 3.05) is 24.5 Å². The minimum atomic E-state index is -3.89. The second-order valence-corrected chi connectivity index (χ2v) is 9.22. The van der Waals surface area contributed by atoms with Crippen LogP contribution in [0.3, 0.4) is 0 Å². The summed E-state index contributed by atoms with van der Waals surface area (Å²) in [7, 11) is -3.89. The van der Waals surface area contributed by atoms with E-state index in [9.17, 15) is 22.7 Å². The minimum Gasteiger partial charge on any atom is -0.480 e. The number of carboxylic acid groups (broad SMARTS) is 1. The van der Waals surface area contributed by atoms with Gasteiger partial charge in [-0.15, -0.1) is 0 Å². The number of rotatable bonds is 4. The van der Waals surface area contributed by atoms with Gasteiger partial charge in [-0.2, -0.15) is 4.31 Å². The highest BCUT2D eigenvalue weighted by Crippen LogP contribution is 2.30. The number of carboxylic acids is 1. The maximum absolute atomic E-state index is 13.5. The van der Waals surface area contributed by atoms with Gasteiger partial charge in [-0.1, -0.05) is 36.4 Å². The summed E-state index contributed by atoms with van der Waals surface area (Å²) in [6, 6.07) is 15.3. The molecule has 1 saturated heterocycles. The van der Waals surface area contributed by atoms with Crippen molar-refractivity contribution in [3.8, 4) is 0 Å². The Morgan fingerprint density at radius 1 is 1.07 bits per heavy atom. The Morgan fingerprint density at radius 3 is 2.53 bits per heavy atom. The smallest absolute Gasteiger partial charge is 0.327 e. The van der Waals surface area contributed by atoms with Crippen LogP contribution in [0.5, 0.6) is 0 Å². The van der Waals surface area contributed by atoms with Gasteiger partial charge in [0.15, 0.2) is 0 Å². The summed E-state index contributed by atoms with van der Waals surface area (Å²) in [5.41, 5.74) is 1.19. The quantitative estimate of drug-likeness (QED) is 0.690. The van der Waals surface area contributed by atoms with E-state index < -0.39 is 27.9 Å². The Morgan fingerprint density at radius 2 is 1.80 bits per heavy atom. The van der Waals surface area contributed by atoms with E-state index in [1.165, 1.54) is 22.5 Å². The Labute approximate surface area is 174 Å². The van der Waals surface area contributed by atoms with Crippen LogP contribution < -0.4 is 4.90 Å². The first kappa shape index (κ1) is 20.3. The summed E-state index contributed by atoms with van der Waals surface area (Å²) < 4.78 is 41.5. The maximum Gasteiger partial charge on any atom is 0.327 e. The van der Waals surface area contributed by atoms with Gasteiger partial charge in [-0.25, -0.2) is 17.6 Å². The topological polar surface area (TPSA) is 77.9 Å². The highest BCUT2D eigenvalue weighted by Gasteiger charge is 2.38. The number of benzene rings is 3. The molecule has 8 heteroatoms. The Balaban J connectivity index is 1.69. The predicted molar refractivity (Wildman–Crippen MR) is 113 cm³/mol. The molecule has 3 aromatic rings. The van der Waals surface area contributed by atoms with E-state index in [1.807, 2.05) is 18.2 Å². The van der Waals surface area contributed by atoms with Crippen molar-refractivity contribution in [1.82, 2.24) is 4.31 Å². The van der Waals surface area contributed by atoms with Gasteiger partial charge < -0.3 is 10.0 Å². The normalized spacial score (nSPS) is 17.9. The molecule has 0 amide bonds. The lowest BCUT2D eigenvalue weighted by atomic mass is 10.1. The zero-order valence-corrected chi connectivity index (χ0v) is 17.1. The van der Waals surface area contributed by atoms with Crippen LogP contribution in [0.15, 0.2) is 65.6 Å². The number of aryl methyl sites for hydroxylation is 1. The molecule has 0 bridgehead atoms. The molecule has 1 N–H and O–H groups in total. The van der Waals surface area contributed by atoms with Gasteiger partial charge in [0.25, 0.3) is 0 Å². The molecule has 4 rings (SSSR count). The van der Waals surface area contributed by atoms with E-state index in [4.69, 9.17) is 0 Å². The number of aliphatic carboxylic acids is 1. The van der Waals surface area contributed by atoms with Gasteiger partial charge in [-0.05, 0) is 42.1 Å². The molecular weight excluding hydrogens is 407 g/mol. The molecule has 0 spiro atoms. The standard InChI is InChI=1S/C22H21FN2O4S/c1-15-13-17(23)9-10-19(15)25-12-11-24(14-20(25)22(26)27)30(28,29)21-8-4-6-16-5-2-3-7-18(16)21/h2-10,13,20H,11-12,14H2,1H3,(H,26,27). The Kier molecular flexibility index (Phi) is 5.21. The first-order valence-electron chi connectivity index (χ1n) is 9.52. The highest BCUT2D eigenvalue weighted by molar-refractivity contribution is 7.89. The number of hydrogen-bond donors (Lipinski definition) is 1. The molecule has 6 nitrogen and oxygen atoms in total. The molecule has 0 saturated carbocycles. The zero-order chi connectivity index (χ0) is 21.5. The van der Waals surface area contributed by atoms with E-state index in [0.717, 1.165) is 5.39 Å². The molecule has 3 aromatic carbocycles. The van der Waals surface area contributed by atoms with Crippen LogP contribution in [0.25, 0.3) is 10.8 Å². The van der Waals surface area contributed by atoms with Gasteiger partial charge in [-0.3, -0.25) is 0 Å². The molecule has 0 aromatic heterocycles. The number of halogens is 1. The van der Waals surface area contributed by atoms with Crippen LogP contribution in [0.1, 0.15) is 5.56 Å². The second kappa shape index (κ2) is 7.70. The summed E-state index contributed by atoms with van der Waals surface area (Å²) >= 11 is 0. The van der Waals surface area contributed by atoms with Crippen molar-refractivity contribution in [2.24, 2.45) is 0 Å². The monoisotopic (exact) mass is 428 g/mol. The summed E-state index contributed by atoms with van der Waals surface area (Å²) in [4.78, 5) is 13.8. The number of fused-ring (bicyclic) bond motifs is 1. The van der Waals surface area contributed by atoms with Crippen LogP contribution >= 0.6 is 0 Å². The van der Waals surface area contributed by atoms with E-state index in [1.54, 1.807) is 36.1 Å². The second-order valence-electron chi connectivity index (χ2n) is 7.32. The van der Waals surface area contributed by atoms with Crippen LogP contribution in [0.2, 0.25) is 0 Å². The van der Waals surface area contributed by atoms with Crippen molar-refractivity contribution < 1.29 is 22.7 Å². The number of nitrogens with zero attached hydrogens (tertiary/aromatic N) is 2. The fraction of sp³-hybridized carbons (Fsp3) is 0.227. The lowest BCUT2D eigenvalue weighted by Gasteiger charge is -2.40. The SMILES string of the molecule is Cc1cc(F)ccc1N1CCN(S(=O)(=O)c2cccc3ccccc23)CC1C(=O)O. The molecule has 1 aliphatic rings. The number of hydrogen-bond acceptors (Lipinski definition) is 4. The van der Waals surface area contributed by atoms with Gasteiger partial charge in [0.1, 0.15) is 11.9 Å². The van der Waals surface area contributed by atoms with Crippen molar-refractivity contribution in [3.05, 3.63) is 72.0 Å². The largest absolute Gasteiger partial charge is 0.480 e. The molecule has 1 atom stereocenters. The van der Waals surface area contributed by atoms with Gasteiger partial charge >= 0.3 is 5.97 Å². The number of anilines is 1. The molecular formula is C22H21FN2O4S. The van der Waals surface area contributed by atoms with Crippen LogP contribution in [0, 0.1) is 12.7 Å². The first-order chi connectivity index (χ1) is 14.3. The third-order valence-electron chi connectivity index (χ3n) is 5.46. The summed E-state index contributed by atoms with van der Waals surface area (Å²) in [5, 5.41) is 11.2. The highest BCUT2D eigenvalue weighted by atomic mass is 32.2. The molecule has 1 heterocycles. The third kappa shape index (κ3) is 3.53. The average molecular weight is 428 g/mol. The van der Waals surface area contributed by atoms with E-state index in [2.05, 4.69) is 0 Å². The molecule has 1 aliphatic heterocycles. The maximum atomic E-state index is 13.5. The minimum absolute atomic E-state index is 0.131. The zero-order valence-electron chi connectivity index (χ0n) is 16.3. The van der Waals surface area contributed by atoms with Gasteiger partial charge in [0.2, 0.25) is 10.0 Å². The van der Waals surface area contributed by atoms with Crippen molar-refractivity contribution in [2.45, 2.75) is 17.9 Å². The van der Waals surface area contributed by atoms with Crippen molar-refractivity contribution in [3.63, 3.8) is 0 Å². The lowest BCUT2D eigenvalue weighted by Crippen LogP contribution is -2.58. The Bertz CT molecular complexity index is 1220. The summed E-state index contributed by atoms with van der Waals surface area (Å²) in [6.07, 6.45) is 0. The number of sulfonamides is 1. The fourth-order valence-electron chi connectivity index (χ4n) is 3.98. The van der Waals surface area contributed by atoms with Crippen LogP contribution in [0.4, 0.5) is 10.1 Å². The van der Waals surface area contributed by atoms with E-state index in [0.29, 0.717) is 16.6 Å². The molecule has 1 unspecified atom stereocenters. The molecule has 30 heavy (non-hydrogen) atoms. The summed E-state index contributed by atoms with van der Waals surface area (Å²) in [6.45, 7) is 1.83. The van der Waals surface area contributed by atoms with Crippen molar-refractivity contribution in [1.29, 1.82) is 0 Å². The number of piperazine rings is 1. The van der Waals surface area contributed by atoms with E-state index >= 15 is 0 Å². The first-order valence-corrected chi connectivity index (χ1v) is 11.0. The van der Waals surface area contributed by atoms with E-state index in [-0.39, 0.29) is 24.5 Å². The Hall–Kier alpha value is -2.97. The fourth-order valence-corrected chi connectivity index (χ4v) is 5.63. The van der Waals surface area contributed by atoms with Gasteiger partial charge in [0.05, 0.1) is 4.90 Å². The number of carbonyl (C=O) groups is 1. The third-order valence-corrected chi connectivity index (χ3v) is 7.39. The molecule has 0 radical (unpaired) electrons. The lowest BCUT2D eigenvalue weighted by molar-refractivity contribution is -0.139.